The third-order valence-corrected chi connectivity index (χ3v) is 3.82. The lowest BCUT2D eigenvalue weighted by Gasteiger charge is -2.14. The molecule has 0 amide bonds. The Labute approximate surface area is 131 Å². The highest BCUT2D eigenvalue weighted by Gasteiger charge is 2.24. The number of ether oxygens (including phenoxy) is 1. The largest absolute Gasteiger partial charge is 0.389 e. The van der Waals surface area contributed by atoms with Crippen molar-refractivity contribution in [2.75, 3.05) is 18.3 Å². The van der Waals surface area contributed by atoms with Crippen molar-refractivity contribution in [3.63, 3.8) is 0 Å². The summed E-state index contributed by atoms with van der Waals surface area (Å²) in [6.45, 7) is -0.0335. The van der Waals surface area contributed by atoms with Crippen LogP contribution in [0.15, 0.2) is 12.7 Å². The molecule has 3 rings (SSSR count). The number of hydrogen-bond acceptors (Lipinski definition) is 7. The normalized spacial score (nSPS) is 16.7. The van der Waals surface area contributed by atoms with Gasteiger partial charge in [-0.05, 0) is 12.8 Å². The Balaban J connectivity index is 1.68. The number of nitrogens with zero attached hydrogens (tertiary/aromatic N) is 4. The predicted molar refractivity (Wildman–Crippen MR) is 80.8 cm³/mol. The number of anilines is 1. The second-order valence-corrected chi connectivity index (χ2v) is 7.12. The van der Waals surface area contributed by atoms with Gasteiger partial charge in [0.05, 0.1) is 25.6 Å². The molecule has 126 valence electrons. The Bertz CT molecular complexity index is 728. The highest BCUT2D eigenvalue weighted by molar-refractivity contribution is 7.51. The molecule has 2 heterocycles. The highest BCUT2D eigenvalue weighted by Crippen LogP contribution is 2.33. The summed E-state index contributed by atoms with van der Waals surface area (Å²) < 4.78 is 17.2. The van der Waals surface area contributed by atoms with Gasteiger partial charge in [0.15, 0.2) is 11.5 Å². The first-order chi connectivity index (χ1) is 10.9. The van der Waals surface area contributed by atoms with Crippen molar-refractivity contribution in [3.8, 4) is 0 Å². The lowest BCUT2D eigenvalue weighted by molar-refractivity contribution is 0.0414. The molecule has 1 atom stereocenters. The minimum atomic E-state index is -4.23. The van der Waals surface area contributed by atoms with Gasteiger partial charge in [0.25, 0.3) is 0 Å². The fraction of sp³-hybridized carbons (Fsp3) is 0.583. The van der Waals surface area contributed by atoms with Crippen molar-refractivity contribution in [2.24, 2.45) is 0 Å². The molecule has 11 heteroatoms. The Morgan fingerprint density at radius 1 is 1.39 bits per heavy atom. The van der Waals surface area contributed by atoms with Crippen molar-refractivity contribution >= 4 is 24.6 Å². The van der Waals surface area contributed by atoms with Gasteiger partial charge < -0.3 is 29.5 Å². The van der Waals surface area contributed by atoms with Crippen molar-refractivity contribution in [3.05, 3.63) is 12.7 Å². The van der Waals surface area contributed by atoms with E-state index in [9.17, 15) is 9.67 Å². The number of imidazole rings is 1. The summed E-state index contributed by atoms with van der Waals surface area (Å²) >= 11 is 0. The van der Waals surface area contributed by atoms with Gasteiger partial charge in [0.1, 0.15) is 18.2 Å². The lowest BCUT2D eigenvalue weighted by Crippen LogP contribution is -2.22. The number of aliphatic hydroxyl groups is 1. The molecular formula is C12H18N5O5P. The van der Waals surface area contributed by atoms with Gasteiger partial charge in [0.2, 0.25) is 0 Å². The van der Waals surface area contributed by atoms with E-state index < -0.39 is 20.0 Å². The third kappa shape index (κ3) is 4.46. The molecule has 1 aliphatic carbocycles. The van der Waals surface area contributed by atoms with Gasteiger partial charge in [-0.25, -0.2) is 15.0 Å². The van der Waals surface area contributed by atoms with E-state index in [0.717, 1.165) is 12.8 Å². The molecular weight excluding hydrogens is 325 g/mol. The topological polar surface area (TPSA) is 143 Å². The first-order valence-corrected chi connectivity index (χ1v) is 8.95. The summed E-state index contributed by atoms with van der Waals surface area (Å²) in [5, 5.41) is 13.3. The first-order valence-electron chi connectivity index (χ1n) is 7.15. The maximum Gasteiger partial charge on any atom is 0.350 e. The molecule has 4 N–H and O–H groups in total. The zero-order valence-corrected chi connectivity index (χ0v) is 13.1. The summed E-state index contributed by atoms with van der Waals surface area (Å²) in [5.41, 5.74) is 1.21. The number of aliphatic hydroxyl groups excluding tert-OH is 1. The van der Waals surface area contributed by atoms with Gasteiger partial charge in [0, 0.05) is 6.04 Å². The molecule has 1 unspecified atom stereocenters. The molecule has 0 aliphatic heterocycles. The summed E-state index contributed by atoms with van der Waals surface area (Å²) in [6, 6.07) is 0.410. The van der Waals surface area contributed by atoms with Gasteiger partial charge in [-0.3, -0.25) is 4.57 Å². The number of fused-ring (bicyclic) bond motifs is 1. The van der Waals surface area contributed by atoms with Crippen molar-refractivity contribution < 1.29 is 24.2 Å². The monoisotopic (exact) mass is 343 g/mol. The van der Waals surface area contributed by atoms with Crippen LogP contribution in [0, 0.1) is 0 Å². The first kappa shape index (κ1) is 16.3. The van der Waals surface area contributed by atoms with Gasteiger partial charge in [-0.1, -0.05) is 0 Å². The zero-order chi connectivity index (χ0) is 16.4. The average molecular weight is 343 g/mol. The zero-order valence-electron chi connectivity index (χ0n) is 12.2. The van der Waals surface area contributed by atoms with Crippen LogP contribution in [0.4, 0.5) is 5.82 Å². The van der Waals surface area contributed by atoms with Crippen LogP contribution in [-0.4, -0.2) is 59.5 Å². The summed E-state index contributed by atoms with van der Waals surface area (Å²) in [6.07, 6.45) is 3.52. The van der Waals surface area contributed by atoms with Crippen LogP contribution in [0.3, 0.4) is 0 Å². The third-order valence-electron chi connectivity index (χ3n) is 3.30. The minimum Gasteiger partial charge on any atom is -0.389 e. The lowest BCUT2D eigenvalue weighted by atomic mass is 10.3. The summed E-state index contributed by atoms with van der Waals surface area (Å²) in [5.74, 6) is 0.665. The molecule has 1 fully saturated rings. The summed E-state index contributed by atoms with van der Waals surface area (Å²) in [7, 11) is -4.23. The minimum absolute atomic E-state index is 0.157. The maximum atomic E-state index is 10.7. The molecule has 0 radical (unpaired) electrons. The Hall–Kier alpha value is -1.58. The van der Waals surface area contributed by atoms with Gasteiger partial charge in [-0.15, -0.1) is 0 Å². The van der Waals surface area contributed by atoms with E-state index in [2.05, 4.69) is 20.3 Å². The van der Waals surface area contributed by atoms with E-state index in [-0.39, 0.29) is 13.2 Å². The van der Waals surface area contributed by atoms with Gasteiger partial charge >= 0.3 is 7.60 Å². The van der Waals surface area contributed by atoms with Crippen LogP contribution in [0.2, 0.25) is 0 Å². The number of rotatable bonds is 8. The van der Waals surface area contributed by atoms with Crippen molar-refractivity contribution in [1.29, 1.82) is 0 Å². The Morgan fingerprint density at radius 3 is 2.87 bits per heavy atom. The smallest absolute Gasteiger partial charge is 0.350 e. The maximum absolute atomic E-state index is 10.7. The van der Waals surface area contributed by atoms with E-state index >= 15 is 0 Å². The second kappa shape index (κ2) is 6.50. The number of hydrogen-bond donors (Lipinski definition) is 4. The van der Waals surface area contributed by atoms with E-state index in [1.54, 1.807) is 10.9 Å². The SMILES string of the molecule is O=P(O)(O)COCC(O)Cn1cnc2ncnc(NC3CC3)c21. The van der Waals surface area contributed by atoms with E-state index in [1.165, 1.54) is 6.33 Å². The van der Waals surface area contributed by atoms with Crippen LogP contribution in [0.25, 0.3) is 11.2 Å². The second-order valence-electron chi connectivity index (χ2n) is 5.53. The number of aromatic nitrogens is 4. The van der Waals surface area contributed by atoms with E-state index in [0.29, 0.717) is 23.0 Å². The summed E-state index contributed by atoms with van der Waals surface area (Å²) in [4.78, 5) is 29.9. The van der Waals surface area contributed by atoms with E-state index in [4.69, 9.17) is 14.5 Å². The van der Waals surface area contributed by atoms with Crippen molar-refractivity contribution in [2.45, 2.75) is 31.5 Å². The molecule has 23 heavy (non-hydrogen) atoms. The van der Waals surface area contributed by atoms with Crippen molar-refractivity contribution in [1.82, 2.24) is 19.5 Å². The molecule has 10 nitrogen and oxygen atoms in total. The average Bonchev–Trinajstić information content (AvgIpc) is 3.18. The van der Waals surface area contributed by atoms with Crippen LogP contribution in [-0.2, 0) is 15.8 Å². The molecule has 1 saturated carbocycles. The van der Waals surface area contributed by atoms with Crippen LogP contribution in [0.1, 0.15) is 12.8 Å². The Kier molecular flexibility index (Phi) is 4.60. The molecule has 2 aromatic heterocycles. The fourth-order valence-corrected chi connectivity index (χ4v) is 2.51. The van der Waals surface area contributed by atoms with Crippen LogP contribution < -0.4 is 5.32 Å². The predicted octanol–water partition coefficient (Wildman–Crippen LogP) is -0.0867. The molecule has 2 aromatic rings. The molecule has 0 bridgehead atoms. The quantitative estimate of drug-likeness (QED) is 0.484. The number of nitrogens with one attached hydrogen (secondary N) is 1. The molecule has 0 spiro atoms. The molecule has 0 saturated heterocycles. The standard InChI is InChI=1S/C12H18N5O5P/c18-9(4-22-7-23(19,20)21)3-17-6-15-11-10(17)12(14-5-13-11)16-8-1-2-8/h5-6,8-9,18H,1-4,7H2,(H,13,14,16)(H2,19,20,21). The molecule has 0 aromatic carbocycles. The van der Waals surface area contributed by atoms with Crippen LogP contribution in [0.5, 0.6) is 0 Å². The highest BCUT2D eigenvalue weighted by atomic mass is 31.2. The van der Waals surface area contributed by atoms with Gasteiger partial charge in [-0.2, -0.15) is 0 Å². The fourth-order valence-electron chi connectivity index (χ4n) is 2.16. The van der Waals surface area contributed by atoms with Crippen LogP contribution >= 0.6 is 7.60 Å². The Morgan fingerprint density at radius 2 is 2.17 bits per heavy atom. The van der Waals surface area contributed by atoms with E-state index in [1.807, 2.05) is 0 Å². The molecule has 1 aliphatic rings.